The Bertz CT molecular complexity index is 808. The van der Waals surface area contributed by atoms with E-state index in [0.717, 1.165) is 6.54 Å². The molecule has 21 heavy (non-hydrogen) atoms. The van der Waals surface area contributed by atoms with E-state index in [9.17, 15) is 4.79 Å². The summed E-state index contributed by atoms with van der Waals surface area (Å²) in [5.74, 6) is 0.227. The minimum atomic E-state index is -0.162. The number of nitrogen functional groups attached to an aromatic ring is 1. The molecule has 2 N–H and O–H groups in total. The first-order valence-corrected chi connectivity index (χ1v) is 6.72. The zero-order valence-electron chi connectivity index (χ0n) is 11.7. The molecule has 1 aromatic carbocycles. The Morgan fingerprint density at radius 3 is 2.95 bits per heavy atom. The summed E-state index contributed by atoms with van der Waals surface area (Å²) in [5, 5.41) is 8.57. The third-order valence-corrected chi connectivity index (χ3v) is 3.31. The Balaban J connectivity index is 1.87. The predicted octanol–water partition coefficient (Wildman–Crippen LogP) is 0.906. The van der Waals surface area contributed by atoms with E-state index in [-0.39, 0.29) is 11.5 Å². The second-order valence-corrected chi connectivity index (χ2v) is 5.22. The highest BCUT2D eigenvalue weighted by Crippen LogP contribution is 2.11. The molecule has 7 nitrogen and oxygen atoms in total. The van der Waals surface area contributed by atoms with Gasteiger partial charge in [-0.05, 0) is 24.1 Å². The van der Waals surface area contributed by atoms with Gasteiger partial charge in [0.15, 0.2) is 0 Å². The average molecular weight is 284 g/mol. The molecule has 3 aromatic rings. The van der Waals surface area contributed by atoms with Crippen molar-refractivity contribution >= 4 is 16.6 Å². The zero-order chi connectivity index (χ0) is 14.8. The summed E-state index contributed by atoms with van der Waals surface area (Å²) in [6.45, 7) is 3.31. The third-order valence-electron chi connectivity index (χ3n) is 3.31. The van der Waals surface area contributed by atoms with Crippen LogP contribution in [0.4, 0.5) is 5.69 Å². The maximum atomic E-state index is 12.4. The molecule has 0 aliphatic rings. The van der Waals surface area contributed by atoms with Crippen LogP contribution in [0.3, 0.4) is 0 Å². The molecule has 0 bridgehead atoms. The van der Waals surface area contributed by atoms with Gasteiger partial charge in [-0.25, -0.2) is 9.67 Å². The van der Waals surface area contributed by atoms with Gasteiger partial charge in [-0.3, -0.25) is 4.79 Å². The number of benzene rings is 1. The van der Waals surface area contributed by atoms with Crippen LogP contribution in [-0.2, 0) is 13.1 Å². The fraction of sp³-hybridized carbons (Fsp3) is 0.286. The molecule has 0 saturated carbocycles. The molecule has 0 saturated heterocycles. The number of nitrogens with two attached hydrogens (primary N) is 1. The lowest BCUT2D eigenvalue weighted by atomic mass is 10.2. The van der Waals surface area contributed by atoms with Gasteiger partial charge in [-0.1, -0.05) is 12.1 Å². The Morgan fingerprint density at radius 1 is 1.33 bits per heavy atom. The first-order valence-electron chi connectivity index (χ1n) is 6.72. The molecule has 0 spiro atoms. The minimum absolute atomic E-state index is 0.162. The standard InChI is InChI=1S/C14H16N6O/c1-10(7-19-5-4-16-9-19)8-20-14(21)12-6-11(15)2-3-13(12)17-18-20/h2-6,9-10H,7-8,15H2,1H3. The van der Waals surface area contributed by atoms with Crippen molar-refractivity contribution in [2.45, 2.75) is 20.0 Å². The molecule has 0 amide bonds. The van der Waals surface area contributed by atoms with Gasteiger partial charge in [0.25, 0.3) is 5.56 Å². The topological polar surface area (TPSA) is 91.6 Å². The fourth-order valence-corrected chi connectivity index (χ4v) is 2.32. The van der Waals surface area contributed by atoms with Crippen LogP contribution in [0.1, 0.15) is 6.92 Å². The average Bonchev–Trinajstić information content (AvgIpc) is 2.95. The molecule has 1 unspecified atom stereocenters. The quantitative estimate of drug-likeness (QED) is 0.719. The summed E-state index contributed by atoms with van der Waals surface area (Å²) >= 11 is 0. The summed E-state index contributed by atoms with van der Waals surface area (Å²) in [5.41, 5.74) is 6.68. The van der Waals surface area contributed by atoms with Gasteiger partial charge in [0.05, 0.1) is 18.3 Å². The van der Waals surface area contributed by atoms with Crippen molar-refractivity contribution in [2.75, 3.05) is 5.73 Å². The number of hydrogen-bond donors (Lipinski definition) is 1. The lowest BCUT2D eigenvalue weighted by molar-refractivity contribution is 0.378. The van der Waals surface area contributed by atoms with E-state index >= 15 is 0 Å². The smallest absolute Gasteiger partial charge is 0.277 e. The van der Waals surface area contributed by atoms with Crippen LogP contribution in [0.25, 0.3) is 10.9 Å². The van der Waals surface area contributed by atoms with Crippen molar-refractivity contribution in [1.29, 1.82) is 0 Å². The highest BCUT2D eigenvalue weighted by molar-refractivity contribution is 5.80. The molecular formula is C14H16N6O. The molecule has 3 rings (SSSR count). The first kappa shape index (κ1) is 13.3. The van der Waals surface area contributed by atoms with Gasteiger partial charge in [0, 0.05) is 24.6 Å². The van der Waals surface area contributed by atoms with Crippen molar-refractivity contribution < 1.29 is 0 Å². The lowest BCUT2D eigenvalue weighted by Gasteiger charge is -2.12. The number of hydrogen-bond acceptors (Lipinski definition) is 5. The van der Waals surface area contributed by atoms with Gasteiger partial charge in [-0.15, -0.1) is 5.10 Å². The summed E-state index contributed by atoms with van der Waals surface area (Å²) in [6.07, 6.45) is 5.38. The molecule has 2 aromatic heterocycles. The Hall–Kier alpha value is -2.70. The van der Waals surface area contributed by atoms with E-state index in [0.29, 0.717) is 23.1 Å². The Labute approximate surface area is 121 Å². The number of fused-ring (bicyclic) bond motifs is 1. The summed E-state index contributed by atoms with van der Waals surface area (Å²) < 4.78 is 3.37. The van der Waals surface area contributed by atoms with E-state index in [1.807, 2.05) is 10.8 Å². The molecule has 0 aliphatic heterocycles. The van der Waals surface area contributed by atoms with E-state index in [1.165, 1.54) is 4.68 Å². The molecule has 0 fully saturated rings. The van der Waals surface area contributed by atoms with Crippen LogP contribution < -0.4 is 11.3 Å². The van der Waals surface area contributed by atoms with Crippen LogP contribution in [0.5, 0.6) is 0 Å². The number of aromatic nitrogens is 5. The van der Waals surface area contributed by atoms with Crippen molar-refractivity contribution in [1.82, 2.24) is 24.5 Å². The van der Waals surface area contributed by atoms with E-state index < -0.39 is 0 Å². The van der Waals surface area contributed by atoms with Crippen LogP contribution in [0.2, 0.25) is 0 Å². The highest BCUT2D eigenvalue weighted by atomic mass is 16.1. The Kier molecular flexibility index (Phi) is 3.39. The van der Waals surface area contributed by atoms with Gasteiger partial charge in [0.1, 0.15) is 5.52 Å². The highest BCUT2D eigenvalue weighted by Gasteiger charge is 2.10. The second kappa shape index (κ2) is 5.35. The molecule has 7 heteroatoms. The van der Waals surface area contributed by atoms with Crippen LogP contribution >= 0.6 is 0 Å². The predicted molar refractivity (Wildman–Crippen MR) is 79.6 cm³/mol. The maximum absolute atomic E-state index is 12.4. The minimum Gasteiger partial charge on any atom is -0.399 e. The normalized spacial score (nSPS) is 12.6. The van der Waals surface area contributed by atoms with Crippen molar-refractivity contribution in [3.8, 4) is 0 Å². The van der Waals surface area contributed by atoms with E-state index in [2.05, 4.69) is 22.2 Å². The monoisotopic (exact) mass is 284 g/mol. The van der Waals surface area contributed by atoms with E-state index in [4.69, 9.17) is 5.73 Å². The third kappa shape index (κ3) is 2.76. The maximum Gasteiger partial charge on any atom is 0.277 e. The van der Waals surface area contributed by atoms with Gasteiger partial charge < -0.3 is 10.3 Å². The number of rotatable bonds is 4. The van der Waals surface area contributed by atoms with Crippen LogP contribution in [-0.4, -0.2) is 24.5 Å². The SMILES string of the molecule is CC(Cn1ccnc1)Cn1nnc2ccc(N)cc2c1=O. The Morgan fingerprint density at radius 2 is 2.19 bits per heavy atom. The number of imidazole rings is 1. The summed E-state index contributed by atoms with van der Waals surface area (Å²) in [4.78, 5) is 16.4. The van der Waals surface area contributed by atoms with Crippen molar-refractivity contribution in [3.63, 3.8) is 0 Å². The fourth-order valence-electron chi connectivity index (χ4n) is 2.32. The largest absolute Gasteiger partial charge is 0.399 e. The van der Waals surface area contributed by atoms with Crippen LogP contribution in [0, 0.1) is 5.92 Å². The van der Waals surface area contributed by atoms with Crippen molar-refractivity contribution in [3.05, 3.63) is 47.3 Å². The van der Waals surface area contributed by atoms with Crippen molar-refractivity contribution in [2.24, 2.45) is 5.92 Å². The molecule has 1 atom stereocenters. The van der Waals surface area contributed by atoms with E-state index in [1.54, 1.807) is 30.7 Å². The molecule has 108 valence electrons. The second-order valence-electron chi connectivity index (χ2n) is 5.22. The first-order chi connectivity index (χ1) is 10.1. The molecule has 2 heterocycles. The van der Waals surface area contributed by atoms with Gasteiger partial charge in [-0.2, -0.15) is 0 Å². The number of nitrogens with zero attached hydrogens (tertiary/aromatic N) is 5. The summed E-state index contributed by atoms with van der Waals surface area (Å²) in [6, 6.07) is 5.06. The lowest BCUT2D eigenvalue weighted by Crippen LogP contribution is -2.28. The number of anilines is 1. The molecule has 0 aliphatic carbocycles. The zero-order valence-corrected chi connectivity index (χ0v) is 11.7. The van der Waals surface area contributed by atoms with Gasteiger partial charge >= 0.3 is 0 Å². The van der Waals surface area contributed by atoms with Gasteiger partial charge in [0.2, 0.25) is 0 Å². The van der Waals surface area contributed by atoms with Crippen LogP contribution in [0.15, 0.2) is 41.7 Å². The molecular weight excluding hydrogens is 268 g/mol. The summed E-state index contributed by atoms with van der Waals surface area (Å²) in [7, 11) is 0. The molecule has 0 radical (unpaired) electrons.